The van der Waals surface area contributed by atoms with Crippen LogP contribution in [0.3, 0.4) is 0 Å². The van der Waals surface area contributed by atoms with E-state index in [-0.39, 0.29) is 24.3 Å². The Morgan fingerprint density at radius 2 is 1.46 bits per heavy atom. The molecule has 0 unspecified atom stereocenters. The molecule has 0 aromatic heterocycles. The van der Waals surface area contributed by atoms with Gasteiger partial charge in [0.1, 0.15) is 13.2 Å². The van der Waals surface area contributed by atoms with Crippen molar-refractivity contribution >= 4 is 27.4 Å². The Morgan fingerprint density at radius 3 is 1.79 bits per heavy atom. The fourth-order valence-corrected chi connectivity index (χ4v) is 9.09. The van der Waals surface area contributed by atoms with Crippen molar-refractivity contribution < 1.29 is 23.5 Å². The van der Waals surface area contributed by atoms with Crippen LogP contribution in [0.5, 0.6) is 0 Å². The standard InChI is InChI=1S/C14H14O4.C7H18OSi2/c1-3-9-17-13(15)11-7-5-6-8-12(11)14(16)18-10-4-2;1-9(2)7-5-6-8-10(9,3)4/h3-8H,1-2,9-10H2;5-7H2,1-4H3. The summed E-state index contributed by atoms with van der Waals surface area (Å²) in [5, 5.41) is 0. The highest BCUT2D eigenvalue weighted by atomic mass is 29.3. The van der Waals surface area contributed by atoms with Gasteiger partial charge in [-0.15, -0.1) is 0 Å². The Bertz CT molecular complexity index is 639. The van der Waals surface area contributed by atoms with Crippen molar-refractivity contribution in [2.24, 2.45) is 0 Å². The molecular formula is C21H32O5Si2. The molecule has 1 heterocycles. The average Bonchev–Trinajstić information content (AvgIpc) is 2.67. The van der Waals surface area contributed by atoms with Gasteiger partial charge in [0.2, 0.25) is 0 Å². The summed E-state index contributed by atoms with van der Waals surface area (Å²) >= 11 is 0. The Kier molecular flexibility index (Phi) is 9.57. The monoisotopic (exact) mass is 420 g/mol. The molecule has 0 N–H and O–H groups in total. The molecule has 1 aliphatic heterocycles. The molecule has 0 spiro atoms. The van der Waals surface area contributed by atoms with Crippen LogP contribution in [0.25, 0.3) is 0 Å². The van der Waals surface area contributed by atoms with Gasteiger partial charge in [-0.1, -0.05) is 56.6 Å². The van der Waals surface area contributed by atoms with Crippen LogP contribution < -0.4 is 0 Å². The highest BCUT2D eigenvalue weighted by molar-refractivity contribution is 7.38. The lowest BCUT2D eigenvalue weighted by molar-refractivity contribution is 0.0503. The summed E-state index contributed by atoms with van der Waals surface area (Å²) in [6, 6.07) is 7.81. The molecule has 28 heavy (non-hydrogen) atoms. The van der Waals surface area contributed by atoms with Gasteiger partial charge in [-0.25, -0.2) is 9.59 Å². The SMILES string of the molecule is C=CCOC(=O)c1ccccc1C(=O)OCC=C.C[Si]1(C)CCCO[Si]1(C)C. The lowest BCUT2D eigenvalue weighted by atomic mass is 10.1. The Hall–Kier alpha value is -1.97. The third-order valence-electron chi connectivity index (χ3n) is 5.07. The third-order valence-corrected chi connectivity index (χ3v) is 21.8. The van der Waals surface area contributed by atoms with Crippen molar-refractivity contribution in [2.75, 3.05) is 19.8 Å². The molecule has 1 aromatic carbocycles. The van der Waals surface area contributed by atoms with Gasteiger partial charge in [-0.05, 0) is 31.6 Å². The van der Waals surface area contributed by atoms with E-state index in [1.54, 1.807) is 12.1 Å². The Balaban J connectivity index is 0.000000330. The molecule has 0 amide bonds. The van der Waals surface area contributed by atoms with Crippen molar-refractivity contribution in [3.63, 3.8) is 0 Å². The van der Waals surface area contributed by atoms with Crippen molar-refractivity contribution in [1.82, 2.24) is 0 Å². The predicted molar refractivity (Wildman–Crippen MR) is 118 cm³/mol. The second-order valence-corrected chi connectivity index (χ2v) is 22.9. The zero-order valence-electron chi connectivity index (χ0n) is 17.5. The normalized spacial score (nSPS) is 16.7. The first kappa shape index (κ1) is 24.1. The van der Waals surface area contributed by atoms with Crippen molar-refractivity contribution in [3.05, 3.63) is 60.7 Å². The summed E-state index contributed by atoms with van der Waals surface area (Å²) in [7, 11) is -2.08. The molecular weight excluding hydrogens is 388 g/mol. The van der Waals surface area contributed by atoms with Gasteiger partial charge in [0.05, 0.1) is 18.7 Å². The third kappa shape index (κ3) is 6.89. The zero-order valence-corrected chi connectivity index (χ0v) is 19.5. The predicted octanol–water partition coefficient (Wildman–Crippen LogP) is 4.77. The first-order valence-electron chi connectivity index (χ1n) is 9.45. The molecule has 0 saturated carbocycles. The Morgan fingerprint density at radius 1 is 1.00 bits per heavy atom. The smallest absolute Gasteiger partial charge is 0.339 e. The van der Waals surface area contributed by atoms with Crippen LogP contribution in [0.4, 0.5) is 0 Å². The second-order valence-electron chi connectivity index (χ2n) is 7.67. The molecule has 5 nitrogen and oxygen atoms in total. The maximum absolute atomic E-state index is 11.7. The number of rotatable bonds is 6. The van der Waals surface area contributed by atoms with Crippen LogP contribution in [0.2, 0.25) is 32.2 Å². The van der Waals surface area contributed by atoms with Gasteiger partial charge in [0.15, 0.2) is 7.83 Å². The van der Waals surface area contributed by atoms with E-state index in [9.17, 15) is 9.59 Å². The quantitative estimate of drug-likeness (QED) is 0.377. The maximum Gasteiger partial charge on any atom is 0.339 e. The number of carbonyl (C=O) groups excluding carboxylic acids is 2. The van der Waals surface area contributed by atoms with Gasteiger partial charge < -0.3 is 13.9 Å². The fourth-order valence-electron chi connectivity index (χ4n) is 2.60. The van der Waals surface area contributed by atoms with E-state index in [2.05, 4.69) is 39.3 Å². The fraction of sp³-hybridized carbons (Fsp3) is 0.429. The van der Waals surface area contributed by atoms with Crippen LogP contribution in [-0.2, 0) is 13.9 Å². The topological polar surface area (TPSA) is 61.8 Å². The summed E-state index contributed by atoms with van der Waals surface area (Å²) in [5.74, 6) is -1.16. The maximum atomic E-state index is 11.7. The number of carbonyl (C=O) groups is 2. The lowest BCUT2D eigenvalue weighted by Crippen LogP contribution is -2.59. The van der Waals surface area contributed by atoms with Gasteiger partial charge in [0, 0.05) is 6.61 Å². The minimum atomic E-state index is -1.18. The van der Waals surface area contributed by atoms with E-state index in [1.165, 1.54) is 36.7 Å². The van der Waals surface area contributed by atoms with Crippen LogP contribution >= 0.6 is 0 Å². The second kappa shape index (κ2) is 11.1. The number of esters is 2. The summed E-state index contributed by atoms with van der Waals surface area (Å²) in [5.41, 5.74) is 0.349. The first-order chi connectivity index (χ1) is 13.2. The minimum Gasteiger partial charge on any atom is -0.458 e. The molecule has 0 aliphatic carbocycles. The molecule has 0 atom stereocenters. The van der Waals surface area contributed by atoms with Crippen LogP contribution in [0.15, 0.2) is 49.6 Å². The van der Waals surface area contributed by atoms with E-state index in [1.807, 2.05) is 0 Å². The molecule has 0 radical (unpaired) electrons. The molecule has 1 saturated heterocycles. The molecule has 1 aliphatic rings. The molecule has 154 valence electrons. The van der Waals surface area contributed by atoms with Crippen molar-refractivity contribution in [1.29, 1.82) is 0 Å². The van der Waals surface area contributed by atoms with Gasteiger partial charge >= 0.3 is 11.9 Å². The van der Waals surface area contributed by atoms with Gasteiger partial charge in [0.25, 0.3) is 0 Å². The number of hydrogen-bond donors (Lipinski definition) is 0. The molecule has 7 heteroatoms. The average molecular weight is 421 g/mol. The number of benzene rings is 1. The van der Waals surface area contributed by atoms with E-state index in [4.69, 9.17) is 13.9 Å². The highest BCUT2D eigenvalue weighted by Gasteiger charge is 2.44. The number of ether oxygens (including phenoxy) is 2. The van der Waals surface area contributed by atoms with Crippen molar-refractivity contribution in [2.45, 2.75) is 38.7 Å². The summed E-state index contributed by atoms with van der Waals surface area (Å²) in [4.78, 5) is 23.4. The van der Waals surface area contributed by atoms with Crippen LogP contribution in [0, 0.1) is 0 Å². The summed E-state index contributed by atoms with van der Waals surface area (Å²) in [6.45, 7) is 17.9. The van der Waals surface area contributed by atoms with E-state index in [0.717, 1.165) is 6.61 Å². The summed E-state index contributed by atoms with van der Waals surface area (Å²) in [6.07, 6.45) is 4.22. The van der Waals surface area contributed by atoms with Crippen molar-refractivity contribution in [3.8, 4) is 0 Å². The molecule has 0 bridgehead atoms. The molecule has 2 rings (SSSR count). The Labute approximate surface area is 170 Å². The lowest BCUT2D eigenvalue weighted by Gasteiger charge is -2.41. The molecule has 1 aromatic rings. The van der Waals surface area contributed by atoms with E-state index >= 15 is 0 Å². The van der Waals surface area contributed by atoms with E-state index in [0.29, 0.717) is 0 Å². The van der Waals surface area contributed by atoms with E-state index < -0.39 is 27.4 Å². The van der Waals surface area contributed by atoms with Crippen LogP contribution in [0.1, 0.15) is 27.1 Å². The largest absolute Gasteiger partial charge is 0.458 e. The zero-order chi connectivity index (χ0) is 21.2. The highest BCUT2D eigenvalue weighted by Crippen LogP contribution is 2.29. The minimum absolute atomic E-state index is 0.0921. The first-order valence-corrected chi connectivity index (χ1v) is 16.6. The molecule has 1 fully saturated rings. The summed E-state index contributed by atoms with van der Waals surface area (Å²) < 4.78 is 15.7. The van der Waals surface area contributed by atoms with Crippen LogP contribution in [-0.4, -0.2) is 47.2 Å². The van der Waals surface area contributed by atoms with Gasteiger partial charge in [-0.2, -0.15) is 0 Å². The van der Waals surface area contributed by atoms with Gasteiger partial charge in [-0.3, -0.25) is 0 Å². The number of hydrogen-bond acceptors (Lipinski definition) is 5.